The Kier molecular flexibility index (Phi) is 9.43. The number of rotatable bonds is 10. The number of anilines is 1. The van der Waals surface area contributed by atoms with Gasteiger partial charge in [0.2, 0.25) is 5.91 Å². The average molecular weight is 580 g/mol. The van der Waals surface area contributed by atoms with E-state index in [1.54, 1.807) is 0 Å². The second-order valence-electron chi connectivity index (χ2n) is 12.6. The van der Waals surface area contributed by atoms with Crippen molar-refractivity contribution in [3.05, 3.63) is 28.9 Å². The molecule has 0 aliphatic carbocycles. The number of amides is 1. The van der Waals surface area contributed by atoms with Crippen LogP contribution in [0, 0.1) is 0 Å². The molecule has 1 N–H and O–H groups in total. The summed E-state index contributed by atoms with van der Waals surface area (Å²) in [4.78, 5) is 12.5. The number of hydrogen-bond acceptors (Lipinski definition) is 1. The van der Waals surface area contributed by atoms with Crippen molar-refractivity contribution in [3.8, 4) is 0 Å². The van der Waals surface area contributed by atoms with Gasteiger partial charge < -0.3 is 9.55 Å². The van der Waals surface area contributed by atoms with Crippen LogP contribution >= 0.6 is 15.9 Å². The first kappa shape index (κ1) is 30.4. The van der Waals surface area contributed by atoms with Gasteiger partial charge in [-0.3, -0.25) is 4.79 Å². The van der Waals surface area contributed by atoms with Gasteiger partial charge in [-0.15, -0.1) is 0 Å². The van der Waals surface area contributed by atoms with Crippen LogP contribution in [0.5, 0.6) is 0 Å². The van der Waals surface area contributed by atoms with Gasteiger partial charge in [0.05, 0.1) is 13.8 Å². The minimum Gasteiger partial charge on any atom is -0.371 e. The molecular weight excluding hydrogens is 528 g/mol. The van der Waals surface area contributed by atoms with E-state index in [1.165, 1.54) is 5.52 Å². The van der Waals surface area contributed by atoms with E-state index in [9.17, 15) is 4.79 Å². The zero-order valence-corrected chi connectivity index (χ0v) is 28.2. The molecule has 2 rings (SSSR count). The lowest BCUT2D eigenvalue weighted by molar-refractivity contribution is -0.115. The highest BCUT2D eigenvalue weighted by Gasteiger charge is 2.66. The fourth-order valence-corrected chi connectivity index (χ4v) is 32.4. The van der Waals surface area contributed by atoms with Crippen LogP contribution in [0.2, 0.25) is 32.4 Å². The van der Waals surface area contributed by atoms with E-state index in [0.29, 0.717) is 34.1 Å². The van der Waals surface area contributed by atoms with Gasteiger partial charge in [-0.25, -0.2) is 0 Å². The maximum absolute atomic E-state index is 12.5. The lowest BCUT2D eigenvalue weighted by Crippen LogP contribution is -2.69. The molecule has 0 aliphatic rings. The highest BCUT2D eigenvalue weighted by Crippen LogP contribution is 2.65. The van der Waals surface area contributed by atoms with Crippen LogP contribution < -0.4 is 5.32 Å². The maximum atomic E-state index is 12.5. The van der Waals surface area contributed by atoms with E-state index in [0.717, 1.165) is 15.5 Å². The van der Waals surface area contributed by atoms with Crippen LogP contribution in [0.3, 0.4) is 0 Å². The number of halogens is 1. The molecule has 35 heavy (non-hydrogen) atoms. The number of hydrogen-bond donors (Lipinski definition) is 1. The molecule has 0 atom stereocenters. The second-order valence-corrected chi connectivity index (χ2v) is 26.3. The molecule has 0 bridgehead atoms. The molecule has 0 unspecified atom stereocenters. The number of benzene rings is 1. The summed E-state index contributed by atoms with van der Waals surface area (Å²) in [5.41, 5.74) is 5.32. The normalized spacial score (nSPS) is 13.8. The molecule has 3 nitrogen and oxygen atoms in total. The Balaban J connectivity index is 3.12. The van der Waals surface area contributed by atoms with Crippen LogP contribution in [-0.4, -0.2) is 26.4 Å². The highest BCUT2D eigenvalue weighted by atomic mass is 79.9. The van der Waals surface area contributed by atoms with Crippen LogP contribution in [0.15, 0.2) is 28.9 Å². The van der Waals surface area contributed by atoms with Crippen molar-refractivity contribution in [2.75, 3.05) is 5.32 Å². The monoisotopic (exact) mass is 578 g/mol. The zero-order valence-electron chi connectivity index (χ0n) is 24.6. The predicted molar refractivity (Wildman–Crippen MR) is 165 cm³/mol. The summed E-state index contributed by atoms with van der Waals surface area (Å²) >= 11 is 3.69. The number of aromatic nitrogens is 1. The molecule has 1 amide bonds. The smallest absolute Gasteiger partial charge is 0.224 e. The lowest BCUT2D eigenvalue weighted by atomic mass is 10.2. The number of nitrogens with zero attached hydrogens (tertiary/aromatic N) is 1. The highest BCUT2D eigenvalue weighted by molar-refractivity contribution is 9.10. The molecule has 0 saturated carbocycles. The molecule has 0 saturated heterocycles. The topological polar surface area (TPSA) is 34.0 Å². The van der Waals surface area contributed by atoms with Gasteiger partial charge in [0.15, 0.2) is 8.24 Å². The number of fused-ring (bicyclic) bond motifs is 1. The number of nitrogens with one attached hydrogen (secondary N) is 1. The molecule has 0 fully saturated rings. The first-order valence-electron chi connectivity index (χ1n) is 13.7. The van der Waals surface area contributed by atoms with Crippen molar-refractivity contribution in [2.24, 2.45) is 0 Å². The van der Waals surface area contributed by atoms with Crippen LogP contribution in [-0.2, 0) is 4.79 Å². The Bertz CT molecular complexity index is 1010. The van der Waals surface area contributed by atoms with E-state index in [-0.39, 0.29) is 10.6 Å². The van der Waals surface area contributed by atoms with E-state index in [2.05, 4.69) is 133 Å². The molecule has 0 spiro atoms. The van der Waals surface area contributed by atoms with Crippen molar-refractivity contribution >= 4 is 54.7 Å². The van der Waals surface area contributed by atoms with Crippen molar-refractivity contribution in [1.82, 2.24) is 4.23 Å². The molecule has 0 radical (unpaired) electrons. The van der Waals surface area contributed by atoms with Gasteiger partial charge in [-0.1, -0.05) is 123 Å². The molecular formula is C29H51BrN2OSi2. The number of carbonyl (C=O) groups excluding carboxylic acids is 1. The third kappa shape index (κ3) is 4.54. The quantitative estimate of drug-likeness (QED) is 0.279. The van der Waals surface area contributed by atoms with E-state index >= 15 is 0 Å². The maximum Gasteiger partial charge on any atom is 0.224 e. The molecule has 1 aromatic heterocycles. The third-order valence-corrected chi connectivity index (χ3v) is 27.1. The zero-order chi connectivity index (χ0) is 27.1. The SMILES string of the molecule is CCC(=O)Nc1cn([Si](C(C)C)(C(C)C)C(C)(C)[Si](C(C)C)(C(C)C)C(C)C)c2ccc(Br)cc12. The molecule has 2 aromatic rings. The minimum absolute atomic E-state index is 0.0694. The summed E-state index contributed by atoms with van der Waals surface area (Å²) in [6.07, 6.45) is 2.80. The van der Waals surface area contributed by atoms with Gasteiger partial charge in [0.25, 0.3) is 0 Å². The van der Waals surface area contributed by atoms with Gasteiger partial charge in [-0.2, -0.15) is 0 Å². The van der Waals surface area contributed by atoms with Gasteiger partial charge in [-0.05, 0) is 33.9 Å². The Hall–Kier alpha value is -0.856. The minimum atomic E-state index is -2.29. The van der Waals surface area contributed by atoms with E-state index in [1.807, 2.05) is 6.92 Å². The largest absolute Gasteiger partial charge is 0.371 e. The Labute approximate surface area is 226 Å². The van der Waals surface area contributed by atoms with Crippen LogP contribution in [0.25, 0.3) is 10.9 Å². The molecule has 198 valence electrons. The summed E-state index contributed by atoms with van der Waals surface area (Å²) in [6.45, 7) is 32.2. The first-order valence-corrected chi connectivity index (χ1v) is 18.8. The molecule has 1 aromatic carbocycles. The average Bonchev–Trinajstić information content (AvgIpc) is 3.04. The summed E-state index contributed by atoms with van der Waals surface area (Å²) < 4.78 is 3.97. The van der Waals surface area contributed by atoms with E-state index in [4.69, 9.17) is 0 Å². The summed E-state index contributed by atoms with van der Waals surface area (Å²) in [6, 6.07) is 6.62. The van der Waals surface area contributed by atoms with Crippen molar-refractivity contribution in [1.29, 1.82) is 0 Å². The Morgan fingerprint density at radius 2 is 1.40 bits per heavy atom. The van der Waals surface area contributed by atoms with Gasteiger partial charge in [0, 0.05) is 28.0 Å². The summed E-state index contributed by atoms with van der Waals surface area (Å²) in [5.74, 6) is 0.0694. The Morgan fingerprint density at radius 3 is 1.80 bits per heavy atom. The van der Waals surface area contributed by atoms with Gasteiger partial charge >= 0.3 is 0 Å². The first-order chi connectivity index (χ1) is 16.0. The predicted octanol–water partition coefficient (Wildman–Crippen LogP) is 10.4. The van der Waals surface area contributed by atoms with Crippen LogP contribution in [0.1, 0.15) is 96.4 Å². The fraction of sp³-hybridized carbons (Fsp3) is 0.690. The second kappa shape index (κ2) is 10.9. The van der Waals surface area contributed by atoms with Crippen molar-refractivity contribution in [2.45, 2.75) is 129 Å². The summed E-state index contributed by atoms with van der Waals surface area (Å²) in [5, 5.41) is 4.38. The van der Waals surface area contributed by atoms with Crippen molar-refractivity contribution in [3.63, 3.8) is 0 Å². The van der Waals surface area contributed by atoms with E-state index < -0.39 is 16.3 Å². The lowest BCUT2D eigenvalue weighted by Gasteiger charge is -2.64. The van der Waals surface area contributed by atoms with Crippen LogP contribution in [0.4, 0.5) is 5.69 Å². The third-order valence-electron chi connectivity index (χ3n) is 9.47. The molecule has 6 heteroatoms. The van der Waals surface area contributed by atoms with Crippen molar-refractivity contribution < 1.29 is 4.79 Å². The summed E-state index contributed by atoms with van der Waals surface area (Å²) in [7, 11) is -4.17. The van der Waals surface area contributed by atoms with Gasteiger partial charge in [0.1, 0.15) is 0 Å². The standard InChI is InChI=1S/C29H51BrN2OSi2/c1-14-28(33)31-26-18-32(27-16-15-24(30)17-25(26)27)35(22(8)9,23(10)11)29(12,13)34(19(2)3,20(4)5)21(6)7/h15-23H,14H2,1-13H3,(H,31,33). The number of carbonyl (C=O) groups is 1. The molecule has 1 heterocycles. The fourth-order valence-electron chi connectivity index (χ4n) is 9.33. The molecule has 0 aliphatic heterocycles. The Morgan fingerprint density at radius 1 is 0.914 bits per heavy atom.